The third kappa shape index (κ3) is 2.92. The Morgan fingerprint density at radius 3 is 2.25 bits per heavy atom. The molecule has 0 saturated heterocycles. The van der Waals surface area contributed by atoms with Crippen LogP contribution in [0.3, 0.4) is 0 Å². The molecule has 0 spiro atoms. The van der Waals surface area contributed by atoms with Crippen LogP contribution >= 0.6 is 0 Å². The molecule has 0 heterocycles. The first-order valence-electron chi connectivity index (χ1n) is 2.52. The Hall–Kier alpha value is -0.160. The van der Waals surface area contributed by atoms with Gasteiger partial charge in [0.1, 0.15) is 0 Å². The van der Waals surface area contributed by atoms with Crippen molar-refractivity contribution in [2.75, 3.05) is 13.1 Å². The number of rotatable bonds is 3. The van der Waals surface area contributed by atoms with E-state index in [4.69, 9.17) is 15.9 Å². The van der Waals surface area contributed by atoms with Crippen LogP contribution in [0.25, 0.3) is 0 Å². The van der Waals surface area contributed by atoms with Crippen LogP contribution in [0.15, 0.2) is 0 Å². The monoisotopic (exact) mass is 120 g/mol. The standard InChI is InChI=1S/C4H12N2O2/c1-2-6-4(7,8)3-5/h6-8H,2-3,5H2,1H3. The van der Waals surface area contributed by atoms with Crippen LogP contribution in [0.5, 0.6) is 0 Å². The Balaban J connectivity index is 3.37. The number of hydrogen-bond acceptors (Lipinski definition) is 4. The summed E-state index contributed by atoms with van der Waals surface area (Å²) in [5, 5.41) is 19.6. The van der Waals surface area contributed by atoms with E-state index < -0.39 is 5.91 Å². The van der Waals surface area contributed by atoms with Gasteiger partial charge in [0.05, 0.1) is 6.54 Å². The fraction of sp³-hybridized carbons (Fsp3) is 1.00. The van der Waals surface area contributed by atoms with E-state index in [-0.39, 0.29) is 6.54 Å². The van der Waals surface area contributed by atoms with Crippen molar-refractivity contribution < 1.29 is 10.2 Å². The van der Waals surface area contributed by atoms with E-state index in [9.17, 15) is 0 Å². The molecule has 0 saturated carbocycles. The van der Waals surface area contributed by atoms with Gasteiger partial charge >= 0.3 is 0 Å². The summed E-state index contributed by atoms with van der Waals surface area (Å²) < 4.78 is 0. The summed E-state index contributed by atoms with van der Waals surface area (Å²) >= 11 is 0. The smallest absolute Gasteiger partial charge is 0.235 e. The summed E-state index contributed by atoms with van der Waals surface area (Å²) in [7, 11) is 0. The van der Waals surface area contributed by atoms with E-state index >= 15 is 0 Å². The fourth-order valence-electron chi connectivity index (χ4n) is 0.355. The second-order valence-corrected chi connectivity index (χ2v) is 1.55. The number of aliphatic hydroxyl groups is 2. The molecule has 0 atom stereocenters. The number of hydrogen-bond donors (Lipinski definition) is 4. The highest BCUT2D eigenvalue weighted by Gasteiger charge is 2.16. The largest absolute Gasteiger partial charge is 0.352 e. The van der Waals surface area contributed by atoms with E-state index in [0.717, 1.165) is 0 Å². The fourth-order valence-corrected chi connectivity index (χ4v) is 0.355. The van der Waals surface area contributed by atoms with Gasteiger partial charge in [-0.05, 0) is 6.54 Å². The Morgan fingerprint density at radius 1 is 1.62 bits per heavy atom. The number of nitrogens with one attached hydrogen (secondary N) is 1. The van der Waals surface area contributed by atoms with Crippen molar-refractivity contribution in [3.8, 4) is 0 Å². The molecule has 0 radical (unpaired) electrons. The maximum absolute atomic E-state index is 8.64. The summed E-state index contributed by atoms with van der Waals surface area (Å²) in [6.07, 6.45) is 0. The topological polar surface area (TPSA) is 78.5 Å². The van der Waals surface area contributed by atoms with Gasteiger partial charge in [-0.15, -0.1) is 0 Å². The third-order valence-corrected chi connectivity index (χ3v) is 0.745. The molecule has 8 heavy (non-hydrogen) atoms. The number of likely N-dealkylation sites (N-methyl/N-ethyl adjacent to an activating group) is 1. The van der Waals surface area contributed by atoms with Gasteiger partial charge in [0.25, 0.3) is 0 Å². The minimum Gasteiger partial charge on any atom is -0.352 e. The lowest BCUT2D eigenvalue weighted by Gasteiger charge is -2.19. The zero-order chi connectivity index (χ0) is 6.62. The molecule has 0 unspecified atom stereocenters. The second-order valence-electron chi connectivity index (χ2n) is 1.55. The van der Waals surface area contributed by atoms with Crippen molar-refractivity contribution in [3.63, 3.8) is 0 Å². The first-order valence-corrected chi connectivity index (χ1v) is 2.52. The lowest BCUT2D eigenvalue weighted by atomic mass is 10.5. The van der Waals surface area contributed by atoms with Crippen LogP contribution in [-0.2, 0) is 0 Å². The summed E-state index contributed by atoms with van der Waals surface area (Å²) in [5.41, 5.74) is 4.93. The molecule has 5 N–H and O–H groups in total. The highest BCUT2D eigenvalue weighted by Crippen LogP contribution is 1.85. The summed E-state index contributed by atoms with van der Waals surface area (Å²) in [4.78, 5) is 0. The van der Waals surface area contributed by atoms with Gasteiger partial charge in [-0.2, -0.15) is 0 Å². The lowest BCUT2D eigenvalue weighted by Crippen LogP contribution is -2.50. The molecule has 0 aliphatic carbocycles. The molecule has 4 heteroatoms. The molecule has 0 fully saturated rings. The summed E-state index contributed by atoms with van der Waals surface area (Å²) in [6, 6.07) is 0. The van der Waals surface area contributed by atoms with Crippen molar-refractivity contribution >= 4 is 0 Å². The first-order chi connectivity index (χ1) is 3.62. The van der Waals surface area contributed by atoms with Crippen LogP contribution in [0, 0.1) is 0 Å². The highest BCUT2D eigenvalue weighted by atomic mass is 16.5. The van der Waals surface area contributed by atoms with Crippen molar-refractivity contribution in [1.82, 2.24) is 5.32 Å². The molecule has 0 aromatic carbocycles. The summed E-state index contributed by atoms with van der Waals surface area (Å²) in [5.74, 6) is -1.88. The van der Waals surface area contributed by atoms with Crippen LogP contribution in [0.4, 0.5) is 0 Å². The minimum absolute atomic E-state index is 0.194. The van der Waals surface area contributed by atoms with Gasteiger partial charge in [-0.25, -0.2) is 0 Å². The zero-order valence-corrected chi connectivity index (χ0v) is 4.89. The molecule has 0 rings (SSSR count). The second kappa shape index (κ2) is 2.99. The quantitative estimate of drug-likeness (QED) is 0.331. The first kappa shape index (κ1) is 7.84. The van der Waals surface area contributed by atoms with Gasteiger partial charge in [0.2, 0.25) is 5.91 Å². The predicted octanol–water partition coefficient (Wildman–Crippen LogP) is -1.81. The molecule has 50 valence electrons. The molecule has 0 aromatic rings. The molecule has 0 bridgehead atoms. The highest BCUT2D eigenvalue weighted by molar-refractivity contribution is 4.58. The van der Waals surface area contributed by atoms with Gasteiger partial charge < -0.3 is 15.9 Å². The van der Waals surface area contributed by atoms with E-state index in [1.807, 2.05) is 0 Å². The van der Waals surface area contributed by atoms with E-state index in [1.54, 1.807) is 6.92 Å². The molecular weight excluding hydrogens is 108 g/mol. The molecule has 0 aliphatic heterocycles. The minimum atomic E-state index is -1.88. The summed E-state index contributed by atoms with van der Waals surface area (Å²) in [6.45, 7) is 2.06. The van der Waals surface area contributed by atoms with Crippen molar-refractivity contribution in [1.29, 1.82) is 0 Å². The normalized spacial score (nSPS) is 12.0. The Kier molecular flexibility index (Phi) is 2.93. The van der Waals surface area contributed by atoms with Crippen LogP contribution in [-0.4, -0.2) is 29.2 Å². The third-order valence-electron chi connectivity index (χ3n) is 0.745. The van der Waals surface area contributed by atoms with E-state index in [1.165, 1.54) is 0 Å². The van der Waals surface area contributed by atoms with Crippen LogP contribution < -0.4 is 11.1 Å². The maximum atomic E-state index is 8.64. The van der Waals surface area contributed by atoms with Gasteiger partial charge in [-0.3, -0.25) is 5.32 Å². The molecule has 4 nitrogen and oxygen atoms in total. The van der Waals surface area contributed by atoms with Crippen molar-refractivity contribution in [2.45, 2.75) is 12.8 Å². The average Bonchev–Trinajstić information content (AvgIpc) is 1.67. The molecule has 0 amide bonds. The number of nitrogens with two attached hydrogens (primary N) is 1. The Bertz CT molecular complexity index is 65.1. The Labute approximate surface area is 48.3 Å². The van der Waals surface area contributed by atoms with Crippen LogP contribution in [0.1, 0.15) is 6.92 Å². The van der Waals surface area contributed by atoms with E-state index in [2.05, 4.69) is 5.32 Å². The Morgan fingerprint density at radius 2 is 2.12 bits per heavy atom. The van der Waals surface area contributed by atoms with E-state index in [0.29, 0.717) is 6.54 Å². The predicted molar refractivity (Wildman–Crippen MR) is 29.9 cm³/mol. The van der Waals surface area contributed by atoms with Gasteiger partial charge in [0, 0.05) is 0 Å². The molecule has 0 aromatic heterocycles. The SMILES string of the molecule is CCNC(O)(O)CN. The lowest BCUT2D eigenvalue weighted by molar-refractivity contribution is -0.175. The average molecular weight is 120 g/mol. The van der Waals surface area contributed by atoms with Gasteiger partial charge in [-0.1, -0.05) is 6.92 Å². The van der Waals surface area contributed by atoms with Crippen molar-refractivity contribution in [2.24, 2.45) is 5.73 Å². The molecule has 0 aliphatic rings. The van der Waals surface area contributed by atoms with Gasteiger partial charge in [0.15, 0.2) is 0 Å². The van der Waals surface area contributed by atoms with Crippen molar-refractivity contribution in [3.05, 3.63) is 0 Å². The maximum Gasteiger partial charge on any atom is 0.235 e. The molecular formula is C4H12N2O2. The zero-order valence-electron chi connectivity index (χ0n) is 4.89. The van der Waals surface area contributed by atoms with Crippen LogP contribution in [0.2, 0.25) is 0 Å².